The van der Waals surface area contributed by atoms with E-state index in [4.69, 9.17) is 0 Å². The fourth-order valence-electron chi connectivity index (χ4n) is 7.52. The molecule has 9 nitrogen and oxygen atoms in total. The van der Waals surface area contributed by atoms with E-state index in [1.54, 1.807) is 0 Å². The molecule has 0 aromatic carbocycles. The van der Waals surface area contributed by atoms with E-state index >= 15 is 0 Å². The maximum Gasteiger partial charge on any atom is 3.00 e. The standard InChI is InChI=1S/3C18H37O3P.Fe/c3*1-2-3-4-5-6-7-8-9-10-11-12-13-14-15-16-17-18-21-22(19)20;/h3*9-10,22H,2-8,11-18H2,1H3,(H,19,20);/q;;;+3/p-3/b3*10-9-;. The quantitative estimate of drug-likeness (QED) is 0.0251. The summed E-state index contributed by atoms with van der Waals surface area (Å²) in [5, 5.41) is 0. The summed E-state index contributed by atoms with van der Waals surface area (Å²) in [4.78, 5) is 30.6. The SMILES string of the molecule is CCCCCCCC/C=C\CCCCCCCCO[PH](=O)[O-].CCCCCCCC/C=C\CCCCCCCCO[PH](=O)[O-].CCCCCCCC/C=C\CCCCCCCCO[PH](=O)[O-].[Fe+3]. The van der Waals surface area contributed by atoms with Crippen LogP contribution in [0.3, 0.4) is 0 Å². The van der Waals surface area contributed by atoms with E-state index in [-0.39, 0.29) is 17.1 Å². The molecule has 0 heterocycles. The molecule has 0 aliphatic heterocycles. The summed E-state index contributed by atoms with van der Waals surface area (Å²) in [6.07, 6.45) is 66.9. The Morgan fingerprint density at radius 1 is 0.269 bits per heavy atom. The molecule has 13 heteroatoms. The van der Waals surface area contributed by atoms with Gasteiger partial charge < -0.3 is 41.9 Å². The Morgan fingerprint density at radius 3 is 0.582 bits per heavy atom. The van der Waals surface area contributed by atoms with Gasteiger partial charge in [0.15, 0.2) is 0 Å². The maximum absolute atomic E-state index is 10.2. The molecule has 0 aromatic rings. The minimum absolute atomic E-state index is 0. The first-order chi connectivity index (χ1) is 32.3. The third kappa shape index (κ3) is 83.4. The molecule has 0 fully saturated rings. The van der Waals surface area contributed by atoms with Crippen LogP contribution in [0.1, 0.15) is 290 Å². The summed E-state index contributed by atoms with van der Waals surface area (Å²) in [7, 11) is -8.89. The fourth-order valence-corrected chi connectivity index (χ4v) is 8.45. The molecule has 0 saturated heterocycles. The summed E-state index contributed by atoms with van der Waals surface area (Å²) in [6.45, 7) is 7.87. The van der Waals surface area contributed by atoms with Crippen LogP contribution in [0.4, 0.5) is 0 Å². The first kappa shape index (κ1) is 73.7. The molecule has 0 aliphatic rings. The van der Waals surface area contributed by atoms with Crippen LogP contribution < -0.4 is 14.7 Å². The van der Waals surface area contributed by atoms with E-state index in [2.05, 4.69) is 70.8 Å². The van der Waals surface area contributed by atoms with Crippen molar-refractivity contribution < 1.29 is 59.0 Å². The molecule has 67 heavy (non-hydrogen) atoms. The fraction of sp³-hybridized carbons (Fsp3) is 0.889. The van der Waals surface area contributed by atoms with Gasteiger partial charge in [0.25, 0.3) is 0 Å². The predicted molar refractivity (Wildman–Crippen MR) is 283 cm³/mol. The van der Waals surface area contributed by atoms with Crippen molar-refractivity contribution in [3.8, 4) is 0 Å². The summed E-state index contributed by atoms with van der Waals surface area (Å²) in [5.41, 5.74) is 0. The number of allylic oxidation sites excluding steroid dienone is 6. The van der Waals surface area contributed by atoms with Gasteiger partial charge in [0.05, 0.1) is 19.8 Å². The van der Waals surface area contributed by atoms with E-state index in [0.29, 0.717) is 19.8 Å². The van der Waals surface area contributed by atoms with Crippen molar-refractivity contribution in [2.24, 2.45) is 0 Å². The van der Waals surface area contributed by atoms with Gasteiger partial charge in [0.2, 0.25) is 0 Å². The Bertz CT molecular complexity index is 937. The van der Waals surface area contributed by atoms with Gasteiger partial charge in [-0.15, -0.1) is 0 Å². The van der Waals surface area contributed by atoms with E-state index < -0.39 is 24.8 Å². The van der Waals surface area contributed by atoms with Gasteiger partial charge in [0.1, 0.15) is 24.8 Å². The molecule has 401 valence electrons. The number of rotatable bonds is 51. The van der Waals surface area contributed by atoms with Crippen LogP contribution >= 0.6 is 24.8 Å². The molecular weight excluding hydrogens is 941 g/mol. The van der Waals surface area contributed by atoms with E-state index in [0.717, 1.165) is 38.5 Å². The zero-order chi connectivity index (χ0) is 48.9. The predicted octanol–water partition coefficient (Wildman–Crippen LogP) is 17.4. The van der Waals surface area contributed by atoms with Gasteiger partial charge in [-0.3, -0.25) is 0 Å². The molecule has 3 atom stereocenters. The van der Waals surface area contributed by atoms with Crippen LogP contribution in [-0.4, -0.2) is 19.8 Å². The molecule has 0 aromatic heterocycles. The van der Waals surface area contributed by atoms with Gasteiger partial charge in [-0.25, -0.2) is 0 Å². The summed E-state index contributed by atoms with van der Waals surface area (Å²) in [6, 6.07) is 0. The molecule has 0 aliphatic carbocycles. The third-order valence-electron chi connectivity index (χ3n) is 11.6. The normalized spacial score (nSPS) is 12.8. The number of unbranched alkanes of at least 4 members (excludes halogenated alkanes) is 36. The Hall–Kier alpha value is 0.189. The number of hydrogen-bond donors (Lipinski definition) is 0. The van der Waals surface area contributed by atoms with E-state index in [1.807, 2.05) is 0 Å². The largest absolute Gasteiger partial charge is 3.00 e. The van der Waals surface area contributed by atoms with Crippen molar-refractivity contribution in [3.05, 3.63) is 36.5 Å². The molecule has 0 amide bonds. The molecule has 3 unspecified atom stereocenters. The number of hydrogen-bond acceptors (Lipinski definition) is 9. The second kappa shape index (κ2) is 70.4. The van der Waals surface area contributed by atoms with Gasteiger partial charge in [-0.1, -0.05) is 231 Å². The zero-order valence-electron chi connectivity index (χ0n) is 43.8. The van der Waals surface area contributed by atoms with Crippen LogP contribution in [0.25, 0.3) is 0 Å². The maximum atomic E-state index is 10.2. The second-order valence-electron chi connectivity index (χ2n) is 18.1. The summed E-state index contributed by atoms with van der Waals surface area (Å²) in [5.74, 6) is 0. The van der Waals surface area contributed by atoms with Gasteiger partial charge in [0, 0.05) is 0 Å². The van der Waals surface area contributed by atoms with Crippen molar-refractivity contribution in [1.29, 1.82) is 0 Å². The van der Waals surface area contributed by atoms with Crippen molar-refractivity contribution in [2.45, 2.75) is 290 Å². The molecule has 0 saturated carbocycles. The zero-order valence-corrected chi connectivity index (χ0v) is 47.9. The van der Waals surface area contributed by atoms with Crippen LogP contribution in [0, 0.1) is 0 Å². The first-order valence-electron chi connectivity index (χ1n) is 27.8. The Morgan fingerprint density at radius 2 is 0.418 bits per heavy atom. The van der Waals surface area contributed by atoms with Crippen LogP contribution in [-0.2, 0) is 44.3 Å². The third-order valence-corrected chi connectivity index (χ3v) is 12.9. The molecule has 0 spiro atoms. The molecule has 1 radical (unpaired) electrons. The molecule has 0 bridgehead atoms. The minimum atomic E-state index is -2.96. The van der Waals surface area contributed by atoms with E-state index in [1.165, 1.54) is 231 Å². The van der Waals surface area contributed by atoms with Crippen LogP contribution in [0.15, 0.2) is 36.5 Å². The average Bonchev–Trinajstić information content (AvgIpc) is 3.29. The average molecular weight is 1050 g/mol. The van der Waals surface area contributed by atoms with Crippen molar-refractivity contribution in [2.75, 3.05) is 19.8 Å². The summed E-state index contributed by atoms with van der Waals surface area (Å²) < 4.78 is 44.2. The van der Waals surface area contributed by atoms with Crippen molar-refractivity contribution in [1.82, 2.24) is 0 Å². The molecule has 0 rings (SSSR count). The Labute approximate surface area is 428 Å². The van der Waals surface area contributed by atoms with Crippen LogP contribution in [0.2, 0.25) is 0 Å². The summed E-state index contributed by atoms with van der Waals surface area (Å²) >= 11 is 0. The monoisotopic (exact) mass is 1050 g/mol. The molecular formula is C54H108FeO9P3. The minimum Gasteiger partial charge on any atom is -0.781 e. The van der Waals surface area contributed by atoms with Crippen molar-refractivity contribution >= 4 is 24.8 Å². The Kier molecular flexibility index (Phi) is 77.5. The Balaban J connectivity index is -0.000000441. The van der Waals surface area contributed by atoms with Gasteiger partial charge in [-0.2, -0.15) is 0 Å². The van der Waals surface area contributed by atoms with Crippen molar-refractivity contribution in [3.63, 3.8) is 0 Å². The first-order valence-corrected chi connectivity index (χ1v) is 31.4. The van der Waals surface area contributed by atoms with E-state index in [9.17, 15) is 28.4 Å². The van der Waals surface area contributed by atoms with Crippen LogP contribution in [0.5, 0.6) is 0 Å². The molecule has 0 N–H and O–H groups in total. The van der Waals surface area contributed by atoms with Gasteiger partial charge >= 0.3 is 17.1 Å². The second-order valence-corrected chi connectivity index (χ2v) is 20.5. The topological polar surface area (TPSA) is 148 Å². The smallest absolute Gasteiger partial charge is 0.781 e. The van der Waals surface area contributed by atoms with Gasteiger partial charge in [-0.05, 0) is 96.3 Å².